The Morgan fingerprint density at radius 3 is 2.57 bits per heavy atom. The second-order valence-electron chi connectivity index (χ2n) is 4.95. The van der Waals surface area contributed by atoms with Gasteiger partial charge in [0.05, 0.1) is 16.3 Å². The molecule has 0 saturated carbocycles. The van der Waals surface area contributed by atoms with Crippen LogP contribution in [0.4, 0.5) is 15.8 Å². The highest BCUT2D eigenvalue weighted by molar-refractivity contribution is 6.33. The first-order chi connectivity index (χ1) is 9.90. The Hall–Kier alpha value is -2.07. The van der Waals surface area contributed by atoms with Gasteiger partial charge in [0.1, 0.15) is 5.82 Å². The van der Waals surface area contributed by atoms with Gasteiger partial charge in [0, 0.05) is 19.8 Å². The highest BCUT2D eigenvalue weighted by Crippen LogP contribution is 2.27. The van der Waals surface area contributed by atoms with Crippen LogP contribution in [0.1, 0.15) is 15.9 Å². The summed E-state index contributed by atoms with van der Waals surface area (Å²) in [5.74, 6) is -1.00. The standard InChI is InChI=1S/C16H16ClFN2O/c1-10-5-4-6-12(15(10)18)16(21)19-11-7-8-14(20(2)3)13(17)9-11/h4-9H,1-3H3,(H,19,21). The summed E-state index contributed by atoms with van der Waals surface area (Å²) in [6.07, 6.45) is 0. The van der Waals surface area contributed by atoms with E-state index in [0.717, 1.165) is 5.69 Å². The van der Waals surface area contributed by atoms with E-state index in [2.05, 4.69) is 5.32 Å². The molecule has 0 unspecified atom stereocenters. The van der Waals surface area contributed by atoms with Crippen molar-refractivity contribution in [2.45, 2.75) is 6.92 Å². The summed E-state index contributed by atoms with van der Waals surface area (Å²) in [4.78, 5) is 14.0. The quantitative estimate of drug-likeness (QED) is 0.925. The third kappa shape index (κ3) is 3.34. The Bertz CT molecular complexity index is 686. The smallest absolute Gasteiger partial charge is 0.258 e. The maximum atomic E-state index is 13.9. The van der Waals surface area contributed by atoms with E-state index in [4.69, 9.17) is 11.6 Å². The normalized spacial score (nSPS) is 10.3. The van der Waals surface area contributed by atoms with Crippen LogP contribution in [0.25, 0.3) is 0 Å². The largest absolute Gasteiger partial charge is 0.376 e. The Kier molecular flexibility index (Phi) is 4.48. The zero-order chi connectivity index (χ0) is 15.6. The fourth-order valence-electron chi connectivity index (χ4n) is 1.97. The van der Waals surface area contributed by atoms with Gasteiger partial charge in [-0.3, -0.25) is 4.79 Å². The van der Waals surface area contributed by atoms with Gasteiger partial charge in [-0.25, -0.2) is 4.39 Å². The molecule has 2 aromatic carbocycles. The molecular weight excluding hydrogens is 291 g/mol. The van der Waals surface area contributed by atoms with Gasteiger partial charge in [0.25, 0.3) is 5.91 Å². The van der Waals surface area contributed by atoms with Crippen molar-refractivity contribution < 1.29 is 9.18 Å². The van der Waals surface area contributed by atoms with Crippen LogP contribution in [-0.4, -0.2) is 20.0 Å². The molecule has 0 radical (unpaired) electrons. The fraction of sp³-hybridized carbons (Fsp3) is 0.188. The number of rotatable bonds is 3. The molecule has 2 rings (SSSR count). The highest BCUT2D eigenvalue weighted by atomic mass is 35.5. The minimum absolute atomic E-state index is 0.0165. The molecule has 5 heteroatoms. The van der Waals surface area contributed by atoms with Crippen molar-refractivity contribution in [3.63, 3.8) is 0 Å². The summed E-state index contributed by atoms with van der Waals surface area (Å²) in [5, 5.41) is 3.17. The number of aryl methyl sites for hydroxylation is 1. The number of amides is 1. The van der Waals surface area contributed by atoms with E-state index in [-0.39, 0.29) is 5.56 Å². The molecule has 0 heterocycles. The molecule has 0 aliphatic carbocycles. The van der Waals surface area contributed by atoms with Crippen LogP contribution in [0.2, 0.25) is 5.02 Å². The van der Waals surface area contributed by atoms with Gasteiger partial charge >= 0.3 is 0 Å². The van der Waals surface area contributed by atoms with E-state index in [9.17, 15) is 9.18 Å². The lowest BCUT2D eigenvalue weighted by Gasteiger charge is -2.15. The third-order valence-corrected chi connectivity index (χ3v) is 3.43. The summed E-state index contributed by atoms with van der Waals surface area (Å²) in [6, 6.07) is 9.89. The number of benzene rings is 2. The van der Waals surface area contributed by atoms with Crippen molar-refractivity contribution in [1.29, 1.82) is 0 Å². The molecule has 110 valence electrons. The maximum Gasteiger partial charge on any atom is 0.258 e. The zero-order valence-electron chi connectivity index (χ0n) is 12.1. The first kappa shape index (κ1) is 15.3. The van der Waals surface area contributed by atoms with Gasteiger partial charge in [-0.1, -0.05) is 23.7 Å². The molecule has 0 aromatic heterocycles. The molecule has 3 nitrogen and oxygen atoms in total. The second-order valence-corrected chi connectivity index (χ2v) is 5.36. The summed E-state index contributed by atoms with van der Waals surface area (Å²) < 4.78 is 13.9. The average molecular weight is 307 g/mol. The predicted molar refractivity (Wildman–Crippen MR) is 84.9 cm³/mol. The SMILES string of the molecule is Cc1cccc(C(=O)Nc2ccc(N(C)C)c(Cl)c2)c1F. The van der Waals surface area contributed by atoms with Crippen LogP contribution in [-0.2, 0) is 0 Å². The van der Waals surface area contributed by atoms with Gasteiger partial charge in [-0.2, -0.15) is 0 Å². The molecule has 21 heavy (non-hydrogen) atoms. The van der Waals surface area contributed by atoms with Crippen LogP contribution in [0.15, 0.2) is 36.4 Å². The predicted octanol–water partition coefficient (Wildman–Crippen LogP) is 4.11. The molecule has 0 aliphatic rings. The van der Waals surface area contributed by atoms with Crippen molar-refractivity contribution >= 4 is 28.9 Å². The molecule has 0 bridgehead atoms. The van der Waals surface area contributed by atoms with Gasteiger partial charge in [0.15, 0.2) is 0 Å². The first-order valence-corrected chi connectivity index (χ1v) is 6.81. The van der Waals surface area contributed by atoms with E-state index in [1.165, 1.54) is 6.07 Å². The third-order valence-electron chi connectivity index (χ3n) is 3.12. The van der Waals surface area contributed by atoms with E-state index >= 15 is 0 Å². The topological polar surface area (TPSA) is 32.3 Å². The van der Waals surface area contributed by atoms with Crippen LogP contribution in [0, 0.1) is 12.7 Å². The van der Waals surface area contributed by atoms with Crippen LogP contribution >= 0.6 is 11.6 Å². The number of hydrogen-bond acceptors (Lipinski definition) is 2. The molecule has 0 atom stereocenters. The Labute approximate surface area is 128 Å². The number of carbonyl (C=O) groups is 1. The number of halogens is 2. The monoisotopic (exact) mass is 306 g/mol. The molecule has 0 saturated heterocycles. The second kappa shape index (κ2) is 6.14. The minimum atomic E-state index is -0.508. The van der Waals surface area contributed by atoms with E-state index in [1.807, 2.05) is 19.0 Å². The average Bonchev–Trinajstić information content (AvgIpc) is 2.41. The number of nitrogens with zero attached hydrogens (tertiary/aromatic N) is 1. The van der Waals surface area contributed by atoms with Crippen LogP contribution < -0.4 is 10.2 Å². The summed E-state index contributed by atoms with van der Waals surface area (Å²) >= 11 is 6.14. The van der Waals surface area contributed by atoms with Gasteiger partial charge in [0.2, 0.25) is 0 Å². The molecule has 0 spiro atoms. The first-order valence-electron chi connectivity index (χ1n) is 6.43. The van der Waals surface area contributed by atoms with Gasteiger partial charge < -0.3 is 10.2 Å². The fourth-order valence-corrected chi connectivity index (χ4v) is 2.32. The van der Waals surface area contributed by atoms with E-state index in [0.29, 0.717) is 16.3 Å². The Morgan fingerprint density at radius 2 is 1.95 bits per heavy atom. The lowest BCUT2D eigenvalue weighted by Crippen LogP contribution is -2.15. The molecule has 0 aliphatic heterocycles. The van der Waals surface area contributed by atoms with E-state index < -0.39 is 11.7 Å². The molecular formula is C16H16ClFN2O. The lowest BCUT2D eigenvalue weighted by atomic mass is 10.1. The number of anilines is 2. The van der Waals surface area contributed by atoms with Crippen molar-refractivity contribution in [2.24, 2.45) is 0 Å². The molecule has 1 N–H and O–H groups in total. The number of nitrogens with one attached hydrogen (secondary N) is 1. The Balaban J connectivity index is 2.24. The van der Waals surface area contributed by atoms with Crippen molar-refractivity contribution in [1.82, 2.24) is 0 Å². The van der Waals surface area contributed by atoms with Crippen molar-refractivity contribution in [3.8, 4) is 0 Å². The van der Waals surface area contributed by atoms with Crippen molar-refractivity contribution in [2.75, 3.05) is 24.3 Å². The summed E-state index contributed by atoms with van der Waals surface area (Å²) in [7, 11) is 3.75. The van der Waals surface area contributed by atoms with Crippen LogP contribution in [0.3, 0.4) is 0 Å². The maximum absolute atomic E-state index is 13.9. The van der Waals surface area contributed by atoms with Gasteiger partial charge in [-0.05, 0) is 36.8 Å². The minimum Gasteiger partial charge on any atom is -0.376 e. The number of carbonyl (C=O) groups excluding carboxylic acids is 1. The zero-order valence-corrected chi connectivity index (χ0v) is 12.8. The highest BCUT2D eigenvalue weighted by Gasteiger charge is 2.14. The van der Waals surface area contributed by atoms with Crippen molar-refractivity contribution in [3.05, 3.63) is 58.4 Å². The lowest BCUT2D eigenvalue weighted by molar-refractivity contribution is 0.102. The molecule has 2 aromatic rings. The van der Waals surface area contributed by atoms with E-state index in [1.54, 1.807) is 37.3 Å². The number of hydrogen-bond donors (Lipinski definition) is 1. The summed E-state index contributed by atoms with van der Waals surface area (Å²) in [5.41, 5.74) is 1.82. The molecule has 0 fully saturated rings. The van der Waals surface area contributed by atoms with Gasteiger partial charge in [-0.15, -0.1) is 0 Å². The Morgan fingerprint density at radius 1 is 1.24 bits per heavy atom. The molecule has 1 amide bonds. The van der Waals surface area contributed by atoms with Crippen LogP contribution in [0.5, 0.6) is 0 Å². The summed E-state index contributed by atoms with van der Waals surface area (Å²) in [6.45, 7) is 1.62.